The summed E-state index contributed by atoms with van der Waals surface area (Å²) in [6.07, 6.45) is -0.871. The Hall–Kier alpha value is -6.09. The number of carboxylic acid groups (broad SMARTS) is 3. The smallest absolute Gasteiger partial charge is 0.326 e. The highest BCUT2D eigenvalue weighted by molar-refractivity contribution is 7.98. The molecule has 0 aromatic heterocycles. The predicted octanol–water partition coefficient (Wildman–Crippen LogP) is -5.41. The number of thioether (sulfide) groups is 1. The maximum absolute atomic E-state index is 13.4. The van der Waals surface area contributed by atoms with E-state index < -0.39 is 151 Å². The Morgan fingerprint density at radius 2 is 1.06 bits per heavy atom. The lowest BCUT2D eigenvalue weighted by atomic mass is 10.0. The van der Waals surface area contributed by atoms with Gasteiger partial charge in [-0.2, -0.15) is 11.8 Å². The van der Waals surface area contributed by atoms with Crippen LogP contribution >= 0.6 is 11.8 Å². The molecule has 27 heteroatoms. The van der Waals surface area contributed by atoms with Crippen molar-refractivity contribution >= 4 is 82.8 Å². The molecular weight excluding hydrogens is 873 g/mol. The molecule has 0 aromatic rings. The van der Waals surface area contributed by atoms with E-state index in [2.05, 4.69) is 31.9 Å². The van der Waals surface area contributed by atoms with Crippen molar-refractivity contribution in [3.63, 3.8) is 0 Å². The number of rotatable bonds is 31. The lowest BCUT2D eigenvalue weighted by Gasteiger charge is -2.26. The van der Waals surface area contributed by atoms with Crippen LogP contribution in [0.4, 0.5) is 0 Å². The Morgan fingerprint density at radius 1 is 0.578 bits per heavy atom. The number of carboxylic acids is 3. The third kappa shape index (κ3) is 22.8. The van der Waals surface area contributed by atoms with E-state index in [9.17, 15) is 72.9 Å². The van der Waals surface area contributed by atoms with E-state index in [1.165, 1.54) is 32.5 Å². The van der Waals surface area contributed by atoms with Crippen molar-refractivity contribution in [3.05, 3.63) is 0 Å². The van der Waals surface area contributed by atoms with Crippen molar-refractivity contribution in [2.24, 2.45) is 23.3 Å². The maximum atomic E-state index is 13.4. The van der Waals surface area contributed by atoms with Gasteiger partial charge in [0.2, 0.25) is 53.2 Å². The Balaban J connectivity index is 5.87. The van der Waals surface area contributed by atoms with Gasteiger partial charge < -0.3 is 74.4 Å². The van der Waals surface area contributed by atoms with E-state index in [0.717, 1.165) is 0 Å². The molecule has 0 saturated heterocycles. The minimum Gasteiger partial charge on any atom is -0.481 e. The summed E-state index contributed by atoms with van der Waals surface area (Å²) in [7, 11) is 0. The van der Waals surface area contributed by atoms with Crippen molar-refractivity contribution in [3.8, 4) is 0 Å². The van der Waals surface area contributed by atoms with Crippen LogP contribution < -0.4 is 54.0 Å². The van der Waals surface area contributed by atoms with Crippen LogP contribution in [0.3, 0.4) is 0 Å². The molecule has 0 fully saturated rings. The summed E-state index contributed by atoms with van der Waals surface area (Å²) < 4.78 is 0. The van der Waals surface area contributed by atoms with E-state index >= 15 is 0 Å². The van der Waals surface area contributed by atoms with Gasteiger partial charge in [0.05, 0.1) is 32.0 Å². The summed E-state index contributed by atoms with van der Waals surface area (Å²) in [6, 6.07) is -12.0. The second-order valence-electron chi connectivity index (χ2n) is 15.3. The number of hydrogen-bond acceptors (Lipinski definition) is 15. The number of carbonyl (C=O) groups excluding carboxylic acids is 9. The molecule has 8 unspecified atom stereocenters. The molecule has 16 N–H and O–H groups in total. The second kappa shape index (κ2) is 29.3. The quantitative estimate of drug-likeness (QED) is 0.0308. The largest absolute Gasteiger partial charge is 0.481 e. The van der Waals surface area contributed by atoms with Gasteiger partial charge in [-0.25, -0.2) is 4.79 Å². The molecule has 0 heterocycles. The van der Waals surface area contributed by atoms with Crippen molar-refractivity contribution < 1.29 is 78.0 Å². The van der Waals surface area contributed by atoms with Gasteiger partial charge in [-0.05, 0) is 50.0 Å². The van der Waals surface area contributed by atoms with Crippen molar-refractivity contribution in [1.82, 2.24) is 42.5 Å². The number of aliphatic hydroxyl groups is 1. The molecule has 0 aromatic carbocycles. The first-order chi connectivity index (χ1) is 29.7. The van der Waals surface area contributed by atoms with E-state index in [4.69, 9.17) is 16.6 Å². The topological polar surface area (TPSA) is 434 Å². The summed E-state index contributed by atoms with van der Waals surface area (Å²) in [4.78, 5) is 150. The zero-order valence-electron chi connectivity index (χ0n) is 36.4. The number of aliphatic carboxylic acids is 3. The van der Waals surface area contributed by atoms with Gasteiger partial charge in [0.1, 0.15) is 42.3 Å². The normalized spacial score (nSPS) is 14.7. The zero-order valence-corrected chi connectivity index (χ0v) is 37.2. The Bertz CT molecular complexity index is 1700. The number of nitrogens with two attached hydrogens (primary N) is 2. The monoisotopic (exact) mass is 934 g/mol. The molecule has 0 saturated carbocycles. The molecule has 0 radical (unpaired) electrons. The standard InChI is InChI=1S/C37H62N10O16S/c1-16(2)11-19(38)31(56)41-18(5)30(55)43-20(7-8-25(39)49)33(58)47-29(17(3)4)36(61)40-14-26(50)42-22(12-27(51)52)34(59)46-24(15-48)35(60)44-21(9-10-64-6)32(57)45-23(37(62)63)13-28(53)54/h16-24,29,48H,7-15,38H2,1-6H3,(H2,39,49)(H,40,61)(H,41,56)(H,42,50)(H,43,55)(H,44,60)(H,45,57)(H,46,59)(H,47,58)(H,51,52)(H,53,54)(H,62,63). The maximum Gasteiger partial charge on any atom is 0.326 e. The average Bonchev–Trinajstić information content (AvgIpc) is 3.19. The summed E-state index contributed by atoms with van der Waals surface area (Å²) in [5, 5.41) is 55.4. The van der Waals surface area contributed by atoms with Crippen molar-refractivity contribution in [2.45, 2.75) is 121 Å². The van der Waals surface area contributed by atoms with Gasteiger partial charge >= 0.3 is 17.9 Å². The van der Waals surface area contributed by atoms with E-state index in [-0.39, 0.29) is 30.9 Å². The van der Waals surface area contributed by atoms with E-state index in [1.54, 1.807) is 6.26 Å². The van der Waals surface area contributed by atoms with Crippen LogP contribution in [0, 0.1) is 11.8 Å². The van der Waals surface area contributed by atoms with Crippen LogP contribution in [0.15, 0.2) is 0 Å². The summed E-state index contributed by atoms with van der Waals surface area (Å²) in [5.74, 6) is -14.1. The molecule has 0 aliphatic rings. The van der Waals surface area contributed by atoms with Crippen LogP contribution in [0.25, 0.3) is 0 Å². The minimum atomic E-state index is -1.92. The van der Waals surface area contributed by atoms with Crippen LogP contribution in [0.2, 0.25) is 0 Å². The van der Waals surface area contributed by atoms with Gasteiger partial charge in [0, 0.05) is 6.42 Å². The van der Waals surface area contributed by atoms with Crippen LogP contribution in [0.1, 0.15) is 73.1 Å². The first-order valence-corrected chi connectivity index (χ1v) is 21.3. The zero-order chi connectivity index (χ0) is 49.4. The molecule has 0 aliphatic heterocycles. The fourth-order valence-corrected chi connectivity index (χ4v) is 5.91. The Kier molecular flexibility index (Phi) is 26.5. The molecular formula is C37H62N10O16S. The minimum absolute atomic E-state index is 0.0835. The number of nitrogens with one attached hydrogen (secondary N) is 8. The Morgan fingerprint density at radius 3 is 1.56 bits per heavy atom. The van der Waals surface area contributed by atoms with Crippen LogP contribution in [-0.2, 0) is 57.5 Å². The number of primary amides is 1. The highest BCUT2D eigenvalue weighted by atomic mass is 32.2. The molecule has 0 bridgehead atoms. The molecule has 0 rings (SSSR count). The lowest BCUT2D eigenvalue weighted by Crippen LogP contribution is -2.60. The third-order valence-corrected chi connectivity index (χ3v) is 9.52. The van der Waals surface area contributed by atoms with Crippen LogP contribution in [0.5, 0.6) is 0 Å². The van der Waals surface area contributed by atoms with Gasteiger partial charge in [-0.3, -0.25) is 52.7 Å². The molecule has 26 nitrogen and oxygen atoms in total. The summed E-state index contributed by atoms with van der Waals surface area (Å²) >= 11 is 1.23. The summed E-state index contributed by atoms with van der Waals surface area (Å²) in [6.45, 7) is 6.06. The van der Waals surface area contributed by atoms with Gasteiger partial charge in [-0.1, -0.05) is 27.7 Å². The fraction of sp³-hybridized carbons (Fsp3) is 0.676. The fourth-order valence-electron chi connectivity index (χ4n) is 5.44. The van der Waals surface area contributed by atoms with Gasteiger partial charge in [0.25, 0.3) is 0 Å². The van der Waals surface area contributed by atoms with Gasteiger partial charge in [-0.15, -0.1) is 0 Å². The van der Waals surface area contributed by atoms with E-state index in [1.807, 2.05) is 24.5 Å². The molecule has 0 aliphatic carbocycles. The molecule has 9 amide bonds. The molecule has 362 valence electrons. The van der Waals surface area contributed by atoms with E-state index in [0.29, 0.717) is 6.42 Å². The molecule has 0 spiro atoms. The van der Waals surface area contributed by atoms with Crippen molar-refractivity contribution in [2.75, 3.05) is 25.2 Å². The highest BCUT2D eigenvalue weighted by Crippen LogP contribution is 2.08. The third-order valence-electron chi connectivity index (χ3n) is 8.88. The van der Waals surface area contributed by atoms with Crippen LogP contribution in [-0.4, -0.2) is 165 Å². The number of carbonyl (C=O) groups is 12. The average molecular weight is 935 g/mol. The summed E-state index contributed by atoms with van der Waals surface area (Å²) in [5.41, 5.74) is 11.1. The second-order valence-corrected chi connectivity index (χ2v) is 16.3. The predicted molar refractivity (Wildman–Crippen MR) is 225 cm³/mol. The van der Waals surface area contributed by atoms with Crippen molar-refractivity contribution in [1.29, 1.82) is 0 Å². The number of hydrogen-bond donors (Lipinski definition) is 14. The number of aliphatic hydroxyl groups excluding tert-OH is 1. The first-order valence-electron chi connectivity index (χ1n) is 19.9. The lowest BCUT2D eigenvalue weighted by molar-refractivity contribution is -0.147. The first kappa shape index (κ1) is 57.9. The molecule has 8 atom stereocenters. The SMILES string of the molecule is CSCCC(NC(=O)C(CO)NC(=O)C(CC(=O)O)NC(=O)CNC(=O)C(NC(=O)C(CCC(N)=O)NC(=O)C(C)NC(=O)C(N)CC(C)C)C(C)C)C(=O)NC(CC(=O)O)C(=O)O. The highest BCUT2D eigenvalue weighted by Gasteiger charge is 2.34. The molecule has 64 heavy (non-hydrogen) atoms. The Labute approximate surface area is 372 Å². The number of amides is 9. The van der Waals surface area contributed by atoms with Gasteiger partial charge in [0.15, 0.2) is 0 Å².